The predicted molar refractivity (Wildman–Crippen MR) is 141 cm³/mol. The molecule has 7 heteroatoms. The third kappa shape index (κ3) is 7.37. The molecule has 0 amide bonds. The third-order valence-corrected chi connectivity index (χ3v) is 5.80. The van der Waals surface area contributed by atoms with Crippen LogP contribution in [0.1, 0.15) is 66.4 Å². The van der Waals surface area contributed by atoms with E-state index >= 15 is 0 Å². The van der Waals surface area contributed by atoms with Crippen molar-refractivity contribution in [2.75, 3.05) is 0 Å². The van der Waals surface area contributed by atoms with Crippen molar-refractivity contribution in [2.24, 2.45) is 0 Å². The number of nitrogens with one attached hydrogen (secondary N) is 4. The minimum absolute atomic E-state index is 0.0138. The molecule has 0 fully saturated rings. The molecule has 2 heterocycles. The van der Waals surface area contributed by atoms with Gasteiger partial charge in [-0.3, -0.25) is 19.8 Å². The summed E-state index contributed by atoms with van der Waals surface area (Å²) in [5.41, 5.74) is 7.00. The summed E-state index contributed by atoms with van der Waals surface area (Å²) < 4.78 is 5.58. The molecule has 2 aromatic carbocycles. The number of rotatable bonds is 8. The second-order valence-electron chi connectivity index (χ2n) is 9.10. The van der Waals surface area contributed by atoms with Crippen molar-refractivity contribution in [3.63, 3.8) is 0 Å². The number of aromatic amines is 4. The summed E-state index contributed by atoms with van der Waals surface area (Å²) in [6.45, 7) is 9.98. The number of ether oxygens (including phenoxy) is 1. The molecule has 2 aromatic heterocycles. The fourth-order valence-corrected chi connectivity index (χ4v) is 3.85. The van der Waals surface area contributed by atoms with E-state index in [4.69, 9.17) is 4.74 Å². The lowest BCUT2D eigenvalue weighted by Crippen LogP contribution is -2.07. The van der Waals surface area contributed by atoms with Crippen LogP contribution in [-0.4, -0.2) is 26.5 Å². The van der Waals surface area contributed by atoms with Crippen LogP contribution in [-0.2, 0) is 19.3 Å². The first-order valence-corrected chi connectivity index (χ1v) is 12.1. The zero-order chi connectivity index (χ0) is 25.4. The second-order valence-corrected chi connectivity index (χ2v) is 9.10. The van der Waals surface area contributed by atoms with Gasteiger partial charge in [-0.05, 0) is 62.9 Å². The second kappa shape index (κ2) is 12.1. The Morgan fingerprint density at radius 2 is 1.11 bits per heavy atom. The monoisotopic (exact) mass is 476 g/mol. The van der Waals surface area contributed by atoms with Crippen LogP contribution in [0.15, 0.2) is 58.1 Å². The maximum atomic E-state index is 11.5. The molecular weight excluding hydrogens is 440 g/mol. The van der Waals surface area contributed by atoms with Crippen LogP contribution in [0, 0.1) is 13.8 Å². The van der Waals surface area contributed by atoms with Gasteiger partial charge in [0.05, 0.1) is 6.10 Å². The Bertz CT molecular complexity index is 1310. The van der Waals surface area contributed by atoms with Crippen molar-refractivity contribution < 1.29 is 4.74 Å². The molecule has 0 bridgehead atoms. The first-order chi connectivity index (χ1) is 16.8. The number of aromatic nitrogens is 4. The fourth-order valence-electron chi connectivity index (χ4n) is 3.85. The van der Waals surface area contributed by atoms with E-state index in [9.17, 15) is 9.59 Å². The molecule has 0 radical (unpaired) electrons. The summed E-state index contributed by atoms with van der Waals surface area (Å²) in [6.07, 6.45) is 3.77. The smallest absolute Gasteiger partial charge is 0.267 e. The number of aryl methyl sites for hydroxylation is 3. The van der Waals surface area contributed by atoms with Crippen LogP contribution < -0.4 is 15.9 Å². The van der Waals surface area contributed by atoms with Gasteiger partial charge < -0.3 is 14.9 Å². The highest BCUT2D eigenvalue weighted by Crippen LogP contribution is 2.16. The standard InChI is InChI=1S/C14H18N2O2.C14H18N2O/c1-9(2)18-12-6-4-11(5-7-12)8-13-10(3)15-16-14(13)17;1-3-4-11-5-7-12(8-6-11)9-13-10(2)15-16-14(13)17/h4-7,9H,8H2,1-3H3,(H2,15,16,17);5-8H,3-4,9H2,1-2H3,(H2,15,16,17). The Hall–Kier alpha value is -3.74. The highest BCUT2D eigenvalue weighted by atomic mass is 16.5. The number of hydrogen-bond acceptors (Lipinski definition) is 3. The molecule has 4 rings (SSSR count). The van der Waals surface area contributed by atoms with E-state index < -0.39 is 0 Å². The lowest BCUT2D eigenvalue weighted by molar-refractivity contribution is 0.242. The van der Waals surface area contributed by atoms with Gasteiger partial charge in [-0.15, -0.1) is 0 Å². The Balaban J connectivity index is 0.000000196. The van der Waals surface area contributed by atoms with Gasteiger partial charge in [0.2, 0.25) is 0 Å². The average Bonchev–Trinajstić information content (AvgIpc) is 3.32. The van der Waals surface area contributed by atoms with Gasteiger partial charge in [0.1, 0.15) is 5.75 Å². The summed E-state index contributed by atoms with van der Waals surface area (Å²) in [4.78, 5) is 23.1. The zero-order valence-electron chi connectivity index (χ0n) is 21.2. The van der Waals surface area contributed by atoms with Gasteiger partial charge in [-0.2, -0.15) is 0 Å². The molecule has 4 N–H and O–H groups in total. The van der Waals surface area contributed by atoms with Gasteiger partial charge in [-0.25, -0.2) is 0 Å². The molecule has 0 saturated carbocycles. The highest BCUT2D eigenvalue weighted by molar-refractivity contribution is 5.32. The van der Waals surface area contributed by atoms with Crippen LogP contribution in [0.3, 0.4) is 0 Å². The Morgan fingerprint density at radius 1 is 0.686 bits per heavy atom. The van der Waals surface area contributed by atoms with Gasteiger partial charge in [0, 0.05) is 35.4 Å². The van der Waals surface area contributed by atoms with Crippen LogP contribution in [0.4, 0.5) is 0 Å². The van der Waals surface area contributed by atoms with Crippen molar-refractivity contribution in [1.82, 2.24) is 20.4 Å². The predicted octanol–water partition coefficient (Wildman–Crippen LogP) is 4.94. The number of benzene rings is 2. The molecule has 0 spiro atoms. The van der Waals surface area contributed by atoms with E-state index in [1.165, 1.54) is 11.1 Å². The van der Waals surface area contributed by atoms with Crippen LogP contribution in [0.2, 0.25) is 0 Å². The molecule has 186 valence electrons. The summed E-state index contributed by atoms with van der Waals surface area (Å²) >= 11 is 0. The maximum absolute atomic E-state index is 11.5. The average molecular weight is 477 g/mol. The van der Waals surface area contributed by atoms with Crippen LogP contribution >= 0.6 is 0 Å². The molecule has 0 atom stereocenters. The summed E-state index contributed by atoms with van der Waals surface area (Å²) in [5.74, 6) is 0.855. The lowest BCUT2D eigenvalue weighted by Gasteiger charge is -2.09. The van der Waals surface area contributed by atoms with Gasteiger partial charge in [0.15, 0.2) is 0 Å². The normalized spacial score (nSPS) is 10.8. The van der Waals surface area contributed by atoms with Gasteiger partial charge in [-0.1, -0.05) is 49.7 Å². The Morgan fingerprint density at radius 3 is 1.49 bits per heavy atom. The summed E-state index contributed by atoms with van der Waals surface area (Å²) in [7, 11) is 0. The minimum Gasteiger partial charge on any atom is -0.491 e. The summed E-state index contributed by atoms with van der Waals surface area (Å²) in [5, 5.41) is 10.9. The Labute approximate surface area is 205 Å². The van der Waals surface area contributed by atoms with E-state index in [2.05, 4.69) is 51.6 Å². The third-order valence-electron chi connectivity index (χ3n) is 5.80. The van der Waals surface area contributed by atoms with E-state index in [1.54, 1.807) is 0 Å². The van der Waals surface area contributed by atoms with Crippen molar-refractivity contribution in [3.8, 4) is 5.75 Å². The fraction of sp³-hybridized carbons (Fsp3) is 0.357. The molecule has 0 aliphatic heterocycles. The largest absolute Gasteiger partial charge is 0.491 e. The molecule has 0 unspecified atom stereocenters. The van der Waals surface area contributed by atoms with E-state index in [0.717, 1.165) is 46.7 Å². The molecular formula is C28H36N4O3. The number of H-pyrrole nitrogens is 4. The van der Waals surface area contributed by atoms with Gasteiger partial charge >= 0.3 is 0 Å². The molecule has 0 aliphatic rings. The first kappa shape index (κ1) is 25.9. The zero-order valence-corrected chi connectivity index (χ0v) is 21.2. The van der Waals surface area contributed by atoms with Crippen molar-refractivity contribution in [3.05, 3.63) is 108 Å². The van der Waals surface area contributed by atoms with Crippen LogP contribution in [0.5, 0.6) is 5.75 Å². The van der Waals surface area contributed by atoms with E-state index in [1.807, 2.05) is 52.0 Å². The molecule has 4 aromatic rings. The lowest BCUT2D eigenvalue weighted by atomic mass is 10.0. The molecule has 35 heavy (non-hydrogen) atoms. The number of hydrogen-bond donors (Lipinski definition) is 4. The Kier molecular flexibility index (Phi) is 8.95. The summed E-state index contributed by atoms with van der Waals surface area (Å²) in [6, 6.07) is 16.4. The topological polar surface area (TPSA) is 107 Å². The van der Waals surface area contributed by atoms with Crippen molar-refractivity contribution in [2.45, 2.75) is 66.4 Å². The molecule has 0 saturated heterocycles. The van der Waals surface area contributed by atoms with Crippen molar-refractivity contribution >= 4 is 0 Å². The molecule has 7 nitrogen and oxygen atoms in total. The minimum atomic E-state index is -0.0463. The molecule has 0 aliphatic carbocycles. The maximum Gasteiger partial charge on any atom is 0.267 e. The quantitative estimate of drug-likeness (QED) is 0.289. The highest BCUT2D eigenvalue weighted by Gasteiger charge is 2.08. The van der Waals surface area contributed by atoms with Crippen LogP contribution in [0.25, 0.3) is 0 Å². The van der Waals surface area contributed by atoms with E-state index in [-0.39, 0.29) is 17.2 Å². The first-order valence-electron chi connectivity index (χ1n) is 12.1. The van der Waals surface area contributed by atoms with Gasteiger partial charge in [0.25, 0.3) is 11.1 Å². The SMILES string of the molecule is CCCc1ccc(Cc2c(C)[nH][nH]c2=O)cc1.Cc1[nH][nH]c(=O)c1Cc1ccc(OC(C)C)cc1. The van der Waals surface area contributed by atoms with Crippen molar-refractivity contribution in [1.29, 1.82) is 0 Å². The van der Waals surface area contributed by atoms with E-state index in [0.29, 0.717) is 12.8 Å².